The van der Waals surface area contributed by atoms with Crippen molar-refractivity contribution in [3.63, 3.8) is 0 Å². The molecule has 0 unspecified atom stereocenters. The third-order valence-electron chi connectivity index (χ3n) is 4.45. The zero-order chi connectivity index (χ0) is 23.0. The molecule has 0 bridgehead atoms. The van der Waals surface area contributed by atoms with Gasteiger partial charge in [0.25, 0.3) is 11.8 Å². The van der Waals surface area contributed by atoms with E-state index < -0.39 is 24.5 Å². The van der Waals surface area contributed by atoms with Crippen LogP contribution in [0.4, 0.5) is 18.9 Å². The number of rotatable bonds is 8. The Hall–Kier alpha value is -3.81. The number of halogens is 3. The second-order valence-corrected chi connectivity index (χ2v) is 6.98. The molecule has 2 amide bonds. The van der Waals surface area contributed by atoms with Crippen LogP contribution in [0.5, 0.6) is 5.75 Å². The molecular formula is C24H21F3N2O3. The Labute approximate surface area is 183 Å². The van der Waals surface area contributed by atoms with Crippen LogP contribution in [0.25, 0.3) is 0 Å². The first-order valence-corrected chi connectivity index (χ1v) is 9.80. The number of amides is 2. The van der Waals surface area contributed by atoms with Crippen molar-refractivity contribution in [2.75, 3.05) is 18.5 Å². The van der Waals surface area contributed by atoms with Crippen LogP contribution in [-0.2, 0) is 11.2 Å². The highest BCUT2D eigenvalue weighted by molar-refractivity contribution is 5.96. The van der Waals surface area contributed by atoms with Crippen molar-refractivity contribution < 1.29 is 27.5 Å². The molecule has 0 saturated heterocycles. The van der Waals surface area contributed by atoms with Gasteiger partial charge in [-0.15, -0.1) is 0 Å². The molecule has 32 heavy (non-hydrogen) atoms. The van der Waals surface area contributed by atoms with E-state index in [9.17, 15) is 22.8 Å². The predicted octanol–water partition coefficient (Wildman–Crippen LogP) is 4.59. The van der Waals surface area contributed by atoms with Gasteiger partial charge in [-0.3, -0.25) is 9.59 Å². The number of ether oxygens (including phenoxy) is 1. The smallest absolute Gasteiger partial charge is 0.405 e. The molecule has 166 valence electrons. The van der Waals surface area contributed by atoms with Gasteiger partial charge in [0, 0.05) is 17.7 Å². The van der Waals surface area contributed by atoms with Crippen molar-refractivity contribution in [1.29, 1.82) is 0 Å². The van der Waals surface area contributed by atoms with Gasteiger partial charge in [0.2, 0.25) is 0 Å². The number of hydrogen-bond donors (Lipinski definition) is 2. The number of carbonyl (C=O) groups is 2. The average Bonchev–Trinajstić information content (AvgIpc) is 2.77. The highest BCUT2D eigenvalue weighted by Gasteiger charge is 2.27. The largest absolute Gasteiger partial charge is 0.483 e. The molecule has 0 fully saturated rings. The average molecular weight is 442 g/mol. The normalized spacial score (nSPS) is 11.0. The Kier molecular flexibility index (Phi) is 7.49. The lowest BCUT2D eigenvalue weighted by Gasteiger charge is -2.12. The Bertz CT molecular complexity index is 1050. The molecule has 0 aliphatic carbocycles. The molecule has 0 spiro atoms. The molecule has 0 atom stereocenters. The Balaban J connectivity index is 1.53. The van der Waals surface area contributed by atoms with E-state index in [4.69, 9.17) is 4.74 Å². The Morgan fingerprint density at radius 3 is 2.19 bits per heavy atom. The topological polar surface area (TPSA) is 67.4 Å². The van der Waals surface area contributed by atoms with Gasteiger partial charge in [-0.05, 0) is 41.5 Å². The molecule has 3 rings (SSSR count). The highest BCUT2D eigenvalue weighted by Crippen LogP contribution is 2.21. The molecule has 8 heteroatoms. The Morgan fingerprint density at radius 1 is 0.844 bits per heavy atom. The van der Waals surface area contributed by atoms with Gasteiger partial charge in [0.1, 0.15) is 12.3 Å². The number of nitrogens with one attached hydrogen (secondary N) is 2. The van der Waals surface area contributed by atoms with Gasteiger partial charge in [0.15, 0.2) is 6.61 Å². The van der Waals surface area contributed by atoms with E-state index in [0.29, 0.717) is 17.9 Å². The molecule has 2 N–H and O–H groups in total. The van der Waals surface area contributed by atoms with Crippen molar-refractivity contribution in [3.8, 4) is 5.75 Å². The zero-order valence-electron chi connectivity index (χ0n) is 17.0. The molecule has 0 aromatic heterocycles. The van der Waals surface area contributed by atoms with Crippen LogP contribution in [0, 0.1) is 0 Å². The summed E-state index contributed by atoms with van der Waals surface area (Å²) in [6, 6.07) is 22.9. The summed E-state index contributed by atoms with van der Waals surface area (Å²) < 4.78 is 42.3. The van der Waals surface area contributed by atoms with E-state index in [-0.39, 0.29) is 12.2 Å². The number of benzene rings is 3. The molecule has 3 aromatic carbocycles. The fourth-order valence-electron chi connectivity index (χ4n) is 2.93. The summed E-state index contributed by atoms with van der Waals surface area (Å²) >= 11 is 0. The fraction of sp³-hybridized carbons (Fsp3) is 0.167. The van der Waals surface area contributed by atoms with Crippen molar-refractivity contribution >= 4 is 17.5 Å². The van der Waals surface area contributed by atoms with Crippen LogP contribution in [0.2, 0.25) is 0 Å². The minimum Gasteiger partial charge on any atom is -0.483 e. The maximum Gasteiger partial charge on any atom is 0.405 e. The lowest BCUT2D eigenvalue weighted by molar-refractivity contribution is -0.123. The Morgan fingerprint density at radius 2 is 1.50 bits per heavy atom. The van der Waals surface area contributed by atoms with Crippen molar-refractivity contribution in [2.45, 2.75) is 12.6 Å². The van der Waals surface area contributed by atoms with Crippen LogP contribution in [-0.4, -0.2) is 31.1 Å². The van der Waals surface area contributed by atoms with Crippen LogP contribution in [0.15, 0.2) is 78.9 Å². The molecule has 0 radical (unpaired) electrons. The second kappa shape index (κ2) is 10.5. The number of carbonyl (C=O) groups excluding carboxylic acids is 2. The summed E-state index contributed by atoms with van der Waals surface area (Å²) in [5.74, 6) is -0.657. The van der Waals surface area contributed by atoms with Crippen molar-refractivity contribution in [1.82, 2.24) is 5.32 Å². The zero-order valence-corrected chi connectivity index (χ0v) is 17.0. The molecule has 5 nitrogen and oxygen atoms in total. The van der Waals surface area contributed by atoms with Crippen LogP contribution < -0.4 is 15.4 Å². The van der Waals surface area contributed by atoms with Crippen LogP contribution >= 0.6 is 0 Å². The van der Waals surface area contributed by atoms with Crippen LogP contribution in [0.3, 0.4) is 0 Å². The lowest BCUT2D eigenvalue weighted by Crippen LogP contribution is -2.33. The van der Waals surface area contributed by atoms with E-state index in [1.165, 1.54) is 24.3 Å². The minimum absolute atomic E-state index is 0.0540. The minimum atomic E-state index is -4.48. The van der Waals surface area contributed by atoms with Gasteiger partial charge in [-0.1, -0.05) is 48.5 Å². The summed E-state index contributed by atoms with van der Waals surface area (Å²) in [6.07, 6.45) is -3.82. The van der Waals surface area contributed by atoms with E-state index in [2.05, 4.69) is 5.32 Å². The SMILES string of the molecule is O=C(COc1ccccc1Cc1ccccc1)Nc1ccc(C(=O)NCC(F)(F)F)cc1. The van der Waals surface area contributed by atoms with Crippen molar-refractivity contribution in [2.24, 2.45) is 0 Å². The first kappa shape index (κ1) is 22.9. The van der Waals surface area contributed by atoms with E-state index >= 15 is 0 Å². The van der Waals surface area contributed by atoms with Gasteiger partial charge in [-0.2, -0.15) is 13.2 Å². The maximum atomic E-state index is 12.2. The molecule has 0 saturated carbocycles. The molecular weight excluding hydrogens is 421 g/mol. The summed E-state index contributed by atoms with van der Waals surface area (Å²) in [5.41, 5.74) is 2.51. The third-order valence-corrected chi connectivity index (χ3v) is 4.45. The maximum absolute atomic E-state index is 12.2. The van der Waals surface area contributed by atoms with E-state index in [0.717, 1.165) is 11.1 Å². The quantitative estimate of drug-likeness (QED) is 0.536. The van der Waals surface area contributed by atoms with E-state index in [1.54, 1.807) is 11.4 Å². The van der Waals surface area contributed by atoms with Gasteiger partial charge < -0.3 is 15.4 Å². The number of anilines is 1. The number of alkyl halides is 3. The van der Waals surface area contributed by atoms with Gasteiger partial charge in [0.05, 0.1) is 0 Å². The predicted molar refractivity (Wildman–Crippen MR) is 115 cm³/mol. The number of hydrogen-bond acceptors (Lipinski definition) is 3. The monoisotopic (exact) mass is 442 g/mol. The second-order valence-electron chi connectivity index (χ2n) is 6.98. The fourth-order valence-corrected chi connectivity index (χ4v) is 2.93. The standard InChI is InChI=1S/C24H21F3N2O3/c25-24(26,27)16-28-23(31)18-10-12-20(13-11-18)29-22(30)15-32-21-9-5-4-8-19(21)14-17-6-2-1-3-7-17/h1-13H,14-16H2,(H,28,31)(H,29,30). The molecule has 0 aliphatic heterocycles. The molecule has 0 aliphatic rings. The summed E-state index contributed by atoms with van der Waals surface area (Å²) in [6.45, 7) is -1.63. The summed E-state index contributed by atoms with van der Waals surface area (Å²) in [7, 11) is 0. The first-order valence-electron chi connectivity index (χ1n) is 9.80. The molecule has 0 heterocycles. The summed E-state index contributed by atoms with van der Waals surface area (Å²) in [5, 5.41) is 4.42. The molecule has 3 aromatic rings. The van der Waals surface area contributed by atoms with Gasteiger partial charge in [-0.25, -0.2) is 0 Å². The first-order chi connectivity index (χ1) is 15.3. The van der Waals surface area contributed by atoms with Gasteiger partial charge >= 0.3 is 6.18 Å². The van der Waals surface area contributed by atoms with E-state index in [1.807, 2.05) is 48.5 Å². The van der Waals surface area contributed by atoms with Crippen molar-refractivity contribution in [3.05, 3.63) is 95.6 Å². The lowest BCUT2D eigenvalue weighted by atomic mass is 10.0. The summed E-state index contributed by atoms with van der Waals surface area (Å²) in [4.78, 5) is 24.0. The van der Waals surface area contributed by atoms with Crippen LogP contribution in [0.1, 0.15) is 21.5 Å². The third kappa shape index (κ3) is 7.16. The highest BCUT2D eigenvalue weighted by atomic mass is 19.4. The number of para-hydroxylation sites is 1.